The summed E-state index contributed by atoms with van der Waals surface area (Å²) in [5, 5.41) is 4.81. The molecule has 1 amide bonds. The van der Waals surface area contributed by atoms with Crippen molar-refractivity contribution < 1.29 is 9.21 Å². The van der Waals surface area contributed by atoms with E-state index in [4.69, 9.17) is 10.2 Å². The second-order valence-electron chi connectivity index (χ2n) is 4.55. The Morgan fingerprint density at radius 2 is 1.85 bits per heavy atom. The largest absolute Gasteiger partial charge is 0.467 e. The number of benzene rings is 2. The minimum Gasteiger partial charge on any atom is -0.467 e. The highest BCUT2D eigenvalue weighted by Crippen LogP contribution is 2.21. The first-order valence-corrected chi connectivity index (χ1v) is 6.33. The number of amides is 1. The van der Waals surface area contributed by atoms with E-state index in [1.54, 1.807) is 12.3 Å². The van der Waals surface area contributed by atoms with Gasteiger partial charge in [0.2, 0.25) is 0 Å². The Bertz CT molecular complexity index is 748. The van der Waals surface area contributed by atoms with Gasteiger partial charge in [-0.15, -0.1) is 0 Å². The van der Waals surface area contributed by atoms with E-state index < -0.39 is 0 Å². The van der Waals surface area contributed by atoms with Crippen LogP contribution in [0.3, 0.4) is 0 Å². The Hall–Kier alpha value is -2.75. The van der Waals surface area contributed by atoms with Gasteiger partial charge in [0.25, 0.3) is 5.91 Å². The number of carbonyl (C=O) groups is 1. The average molecular weight is 266 g/mol. The fourth-order valence-electron chi connectivity index (χ4n) is 2.13. The maximum Gasteiger partial charge on any atom is 0.253 e. The summed E-state index contributed by atoms with van der Waals surface area (Å²) in [6.45, 7) is 0.345. The molecule has 3 N–H and O–H groups in total. The van der Waals surface area contributed by atoms with Gasteiger partial charge >= 0.3 is 0 Å². The summed E-state index contributed by atoms with van der Waals surface area (Å²) < 4.78 is 5.17. The number of rotatable bonds is 3. The number of anilines is 1. The Kier molecular flexibility index (Phi) is 3.13. The predicted molar refractivity (Wildman–Crippen MR) is 78.2 cm³/mol. The van der Waals surface area contributed by atoms with Gasteiger partial charge in [-0.3, -0.25) is 4.79 Å². The van der Waals surface area contributed by atoms with Crippen molar-refractivity contribution in [3.05, 3.63) is 66.1 Å². The summed E-state index contributed by atoms with van der Waals surface area (Å²) in [5.41, 5.74) is 6.91. The molecule has 20 heavy (non-hydrogen) atoms. The van der Waals surface area contributed by atoms with Gasteiger partial charge in [0.1, 0.15) is 5.76 Å². The summed E-state index contributed by atoms with van der Waals surface area (Å²) in [6, 6.07) is 15.0. The molecule has 0 atom stereocenters. The monoisotopic (exact) mass is 266 g/mol. The number of carbonyl (C=O) groups excluding carboxylic acids is 1. The number of fused-ring (bicyclic) bond motifs is 1. The zero-order chi connectivity index (χ0) is 13.9. The smallest absolute Gasteiger partial charge is 0.253 e. The highest BCUT2D eigenvalue weighted by atomic mass is 16.3. The average Bonchev–Trinajstić information content (AvgIpc) is 2.97. The van der Waals surface area contributed by atoms with Crippen LogP contribution < -0.4 is 11.1 Å². The van der Waals surface area contributed by atoms with Crippen molar-refractivity contribution in [2.45, 2.75) is 6.54 Å². The molecule has 4 nitrogen and oxygen atoms in total. The van der Waals surface area contributed by atoms with Crippen LogP contribution in [0.15, 0.2) is 59.2 Å². The topological polar surface area (TPSA) is 68.3 Å². The Morgan fingerprint density at radius 1 is 1.10 bits per heavy atom. The summed E-state index contributed by atoms with van der Waals surface area (Å²) in [6.07, 6.45) is 1.58. The quantitative estimate of drug-likeness (QED) is 0.716. The molecule has 0 radical (unpaired) electrons. The molecule has 0 fully saturated rings. The van der Waals surface area contributed by atoms with Crippen molar-refractivity contribution >= 4 is 22.4 Å². The van der Waals surface area contributed by atoms with E-state index in [1.807, 2.05) is 42.5 Å². The second kappa shape index (κ2) is 5.09. The van der Waals surface area contributed by atoms with E-state index in [-0.39, 0.29) is 5.91 Å². The summed E-state index contributed by atoms with van der Waals surface area (Å²) in [5.74, 6) is 0.502. The molecule has 2 aromatic carbocycles. The molecule has 3 rings (SSSR count). The van der Waals surface area contributed by atoms with Crippen molar-refractivity contribution in [3.8, 4) is 0 Å². The molecule has 0 unspecified atom stereocenters. The summed E-state index contributed by atoms with van der Waals surface area (Å²) in [7, 11) is 0. The minimum atomic E-state index is -0.204. The van der Waals surface area contributed by atoms with Crippen molar-refractivity contribution in [2.75, 3.05) is 5.73 Å². The van der Waals surface area contributed by atoms with Gasteiger partial charge in [-0.05, 0) is 35.0 Å². The van der Waals surface area contributed by atoms with Gasteiger partial charge < -0.3 is 15.5 Å². The van der Waals surface area contributed by atoms with E-state index in [1.165, 1.54) is 0 Å². The highest BCUT2D eigenvalue weighted by molar-refractivity contribution is 6.03. The number of hydrogen-bond acceptors (Lipinski definition) is 3. The molecule has 4 heteroatoms. The third-order valence-corrected chi connectivity index (χ3v) is 3.17. The number of hydrogen-bond donors (Lipinski definition) is 2. The standard InChI is InChI=1S/C16H14N2O2/c17-15-9-12-5-2-1-4-11(12)8-14(15)16(19)18-10-13-6-3-7-20-13/h1-9H,10,17H2,(H,18,19). The van der Waals surface area contributed by atoms with Gasteiger partial charge in [-0.2, -0.15) is 0 Å². The van der Waals surface area contributed by atoms with Crippen LogP contribution in [0.5, 0.6) is 0 Å². The van der Waals surface area contributed by atoms with Crippen molar-refractivity contribution in [2.24, 2.45) is 0 Å². The molecule has 100 valence electrons. The molecule has 0 aliphatic rings. The van der Waals surface area contributed by atoms with Crippen LogP contribution in [-0.4, -0.2) is 5.91 Å². The molecular weight excluding hydrogens is 252 g/mol. The van der Waals surface area contributed by atoms with E-state index >= 15 is 0 Å². The van der Waals surface area contributed by atoms with E-state index in [2.05, 4.69) is 5.32 Å². The lowest BCUT2D eigenvalue weighted by Gasteiger charge is -2.08. The Morgan fingerprint density at radius 3 is 2.55 bits per heavy atom. The maximum atomic E-state index is 12.2. The van der Waals surface area contributed by atoms with Crippen LogP contribution in [0.4, 0.5) is 5.69 Å². The van der Waals surface area contributed by atoms with Crippen molar-refractivity contribution in [3.63, 3.8) is 0 Å². The molecule has 0 saturated carbocycles. The van der Waals surface area contributed by atoms with E-state index in [0.29, 0.717) is 23.6 Å². The Balaban J connectivity index is 1.85. The third kappa shape index (κ3) is 2.36. The fraction of sp³-hybridized carbons (Fsp3) is 0.0625. The van der Waals surface area contributed by atoms with Crippen LogP contribution in [-0.2, 0) is 6.54 Å². The van der Waals surface area contributed by atoms with Gasteiger partial charge in [0, 0.05) is 5.69 Å². The SMILES string of the molecule is Nc1cc2ccccc2cc1C(=O)NCc1ccco1. The molecule has 1 aromatic heterocycles. The molecule has 0 aliphatic carbocycles. The fourth-order valence-corrected chi connectivity index (χ4v) is 2.13. The molecule has 0 saturated heterocycles. The van der Waals surface area contributed by atoms with Gasteiger partial charge in [-0.1, -0.05) is 24.3 Å². The molecule has 0 spiro atoms. The normalized spacial score (nSPS) is 10.6. The first-order valence-electron chi connectivity index (χ1n) is 6.33. The number of nitrogens with one attached hydrogen (secondary N) is 1. The molecular formula is C16H14N2O2. The van der Waals surface area contributed by atoms with Crippen LogP contribution >= 0.6 is 0 Å². The lowest BCUT2D eigenvalue weighted by Crippen LogP contribution is -2.23. The summed E-state index contributed by atoms with van der Waals surface area (Å²) in [4.78, 5) is 12.2. The minimum absolute atomic E-state index is 0.204. The molecule has 1 heterocycles. The zero-order valence-electron chi connectivity index (χ0n) is 10.8. The van der Waals surface area contributed by atoms with Crippen LogP contribution in [0.2, 0.25) is 0 Å². The molecule has 0 bridgehead atoms. The van der Waals surface area contributed by atoms with Gasteiger partial charge in [0.05, 0.1) is 18.4 Å². The van der Waals surface area contributed by atoms with Crippen LogP contribution in [0, 0.1) is 0 Å². The van der Waals surface area contributed by atoms with Crippen molar-refractivity contribution in [1.82, 2.24) is 5.32 Å². The number of nitrogens with two attached hydrogens (primary N) is 1. The predicted octanol–water partition coefficient (Wildman–Crippen LogP) is 2.95. The summed E-state index contributed by atoms with van der Waals surface area (Å²) >= 11 is 0. The lowest BCUT2D eigenvalue weighted by molar-refractivity contribution is 0.0949. The Labute approximate surface area is 116 Å². The van der Waals surface area contributed by atoms with Gasteiger partial charge in [0.15, 0.2) is 0 Å². The van der Waals surface area contributed by atoms with Crippen molar-refractivity contribution in [1.29, 1.82) is 0 Å². The second-order valence-corrected chi connectivity index (χ2v) is 4.55. The molecule has 3 aromatic rings. The van der Waals surface area contributed by atoms with E-state index in [0.717, 1.165) is 10.8 Å². The zero-order valence-corrected chi connectivity index (χ0v) is 10.8. The lowest BCUT2D eigenvalue weighted by atomic mass is 10.0. The third-order valence-electron chi connectivity index (χ3n) is 3.17. The van der Waals surface area contributed by atoms with E-state index in [9.17, 15) is 4.79 Å². The van der Waals surface area contributed by atoms with Crippen LogP contribution in [0.25, 0.3) is 10.8 Å². The molecule has 0 aliphatic heterocycles. The number of nitrogen functional groups attached to an aromatic ring is 1. The highest BCUT2D eigenvalue weighted by Gasteiger charge is 2.11. The number of furan rings is 1. The van der Waals surface area contributed by atoms with Gasteiger partial charge in [-0.25, -0.2) is 0 Å². The first kappa shape index (κ1) is 12.3. The van der Waals surface area contributed by atoms with Crippen LogP contribution in [0.1, 0.15) is 16.1 Å². The first-order chi connectivity index (χ1) is 9.74. The maximum absolute atomic E-state index is 12.2.